The highest BCUT2D eigenvalue weighted by Gasteiger charge is 2.54. The van der Waals surface area contributed by atoms with E-state index in [9.17, 15) is 19.2 Å². The standard InChI is InChI=1S/C21H34N4O4/c1-5-16(26)23-11-8-21(9-12-23)18(28)25(19(29)22-21)15-7-6-10-24(14-15)17(27)13-20(2,3)4/h15H,5-14H2,1-4H3,(H,22,29)/t15-/m0/s1. The maximum absolute atomic E-state index is 13.3. The van der Waals surface area contributed by atoms with Gasteiger partial charge in [-0.3, -0.25) is 19.3 Å². The molecule has 3 fully saturated rings. The van der Waals surface area contributed by atoms with Crippen molar-refractivity contribution in [2.45, 2.75) is 77.8 Å². The van der Waals surface area contributed by atoms with E-state index in [0.29, 0.717) is 51.9 Å². The van der Waals surface area contributed by atoms with Crippen molar-refractivity contribution in [3.05, 3.63) is 0 Å². The lowest BCUT2D eigenvalue weighted by Crippen LogP contribution is -2.57. The fraction of sp³-hybridized carbons (Fsp3) is 0.810. The summed E-state index contributed by atoms with van der Waals surface area (Å²) in [7, 11) is 0. The number of hydrogen-bond donors (Lipinski definition) is 1. The quantitative estimate of drug-likeness (QED) is 0.723. The third-order valence-electron chi connectivity index (χ3n) is 6.26. The molecule has 162 valence electrons. The van der Waals surface area contributed by atoms with E-state index < -0.39 is 5.54 Å². The number of amides is 5. The number of hydrogen-bond acceptors (Lipinski definition) is 4. The van der Waals surface area contributed by atoms with Gasteiger partial charge in [0.15, 0.2) is 0 Å². The maximum Gasteiger partial charge on any atom is 0.325 e. The molecule has 0 unspecified atom stereocenters. The molecule has 0 aromatic heterocycles. The maximum atomic E-state index is 13.3. The lowest BCUT2D eigenvalue weighted by molar-refractivity contribution is -0.141. The van der Waals surface area contributed by atoms with Gasteiger partial charge in [-0.25, -0.2) is 4.79 Å². The van der Waals surface area contributed by atoms with Crippen LogP contribution >= 0.6 is 0 Å². The monoisotopic (exact) mass is 406 g/mol. The Balaban J connectivity index is 1.67. The van der Waals surface area contributed by atoms with Crippen molar-refractivity contribution < 1.29 is 19.2 Å². The first-order valence-corrected chi connectivity index (χ1v) is 10.8. The van der Waals surface area contributed by atoms with Gasteiger partial charge >= 0.3 is 6.03 Å². The van der Waals surface area contributed by atoms with E-state index in [2.05, 4.69) is 5.32 Å². The van der Waals surface area contributed by atoms with Gasteiger partial charge in [-0.1, -0.05) is 27.7 Å². The Kier molecular flexibility index (Phi) is 5.92. The fourth-order valence-corrected chi connectivity index (χ4v) is 4.63. The first-order valence-electron chi connectivity index (χ1n) is 10.8. The summed E-state index contributed by atoms with van der Waals surface area (Å²) >= 11 is 0. The predicted octanol–water partition coefficient (Wildman–Crippen LogP) is 1.74. The molecule has 3 rings (SSSR count). The Bertz CT molecular complexity index is 691. The lowest BCUT2D eigenvalue weighted by Gasteiger charge is -2.39. The molecule has 1 N–H and O–H groups in total. The van der Waals surface area contributed by atoms with E-state index >= 15 is 0 Å². The molecular weight excluding hydrogens is 372 g/mol. The van der Waals surface area contributed by atoms with E-state index in [-0.39, 0.29) is 35.2 Å². The van der Waals surface area contributed by atoms with Gasteiger partial charge in [-0.05, 0) is 31.1 Å². The van der Waals surface area contributed by atoms with Crippen LogP contribution in [0.4, 0.5) is 4.79 Å². The SMILES string of the molecule is CCC(=O)N1CCC2(CC1)NC(=O)N([C@H]1CCCN(C(=O)CC(C)(C)C)C1)C2=O. The van der Waals surface area contributed by atoms with Crippen molar-refractivity contribution in [2.24, 2.45) is 5.41 Å². The minimum atomic E-state index is -0.903. The molecule has 0 bridgehead atoms. The van der Waals surface area contributed by atoms with Gasteiger partial charge < -0.3 is 15.1 Å². The van der Waals surface area contributed by atoms with Crippen LogP contribution in [0.5, 0.6) is 0 Å². The summed E-state index contributed by atoms with van der Waals surface area (Å²) in [4.78, 5) is 55.5. The molecule has 5 amide bonds. The molecule has 1 spiro atoms. The van der Waals surface area contributed by atoms with Crippen LogP contribution < -0.4 is 5.32 Å². The van der Waals surface area contributed by atoms with Crippen LogP contribution in [0.2, 0.25) is 0 Å². The molecule has 3 aliphatic rings. The van der Waals surface area contributed by atoms with Crippen LogP contribution in [0.15, 0.2) is 0 Å². The molecule has 1 atom stereocenters. The van der Waals surface area contributed by atoms with Crippen LogP contribution in [0.3, 0.4) is 0 Å². The van der Waals surface area contributed by atoms with Crippen LogP contribution in [-0.2, 0) is 14.4 Å². The molecule has 3 heterocycles. The third kappa shape index (κ3) is 4.41. The molecule has 3 saturated heterocycles. The molecule has 0 saturated carbocycles. The summed E-state index contributed by atoms with van der Waals surface area (Å²) in [5.74, 6) is -0.0367. The first kappa shape index (κ1) is 21.6. The van der Waals surface area contributed by atoms with E-state index in [4.69, 9.17) is 0 Å². The molecule has 0 aromatic carbocycles. The van der Waals surface area contributed by atoms with Gasteiger partial charge in [0, 0.05) is 39.0 Å². The average Bonchev–Trinajstić information content (AvgIpc) is 2.90. The zero-order valence-corrected chi connectivity index (χ0v) is 18.1. The van der Waals surface area contributed by atoms with E-state index in [1.807, 2.05) is 27.7 Å². The van der Waals surface area contributed by atoms with Crippen molar-refractivity contribution in [1.29, 1.82) is 0 Å². The number of likely N-dealkylation sites (tertiary alicyclic amines) is 2. The summed E-state index contributed by atoms with van der Waals surface area (Å²) in [6.07, 6.45) is 3.28. The van der Waals surface area contributed by atoms with Gasteiger partial charge in [-0.2, -0.15) is 0 Å². The molecule has 0 radical (unpaired) electrons. The number of carbonyl (C=O) groups is 4. The number of carbonyl (C=O) groups excluding carboxylic acids is 4. The van der Waals surface area contributed by atoms with Crippen LogP contribution in [0.1, 0.15) is 66.2 Å². The van der Waals surface area contributed by atoms with E-state index in [1.54, 1.807) is 9.80 Å². The van der Waals surface area contributed by atoms with E-state index in [0.717, 1.165) is 12.8 Å². The number of piperidine rings is 2. The smallest absolute Gasteiger partial charge is 0.325 e. The Hall–Kier alpha value is -2.12. The number of nitrogens with zero attached hydrogens (tertiary/aromatic N) is 3. The minimum Gasteiger partial charge on any atom is -0.343 e. The highest BCUT2D eigenvalue weighted by Crippen LogP contribution is 2.33. The molecule has 0 aliphatic carbocycles. The zero-order valence-electron chi connectivity index (χ0n) is 18.1. The molecule has 3 aliphatic heterocycles. The van der Waals surface area contributed by atoms with Crippen LogP contribution in [0, 0.1) is 5.41 Å². The summed E-state index contributed by atoms with van der Waals surface area (Å²) in [6, 6.07) is -0.643. The summed E-state index contributed by atoms with van der Waals surface area (Å²) in [5.41, 5.74) is -1.00. The summed E-state index contributed by atoms with van der Waals surface area (Å²) < 4.78 is 0. The molecule has 8 heteroatoms. The Morgan fingerprint density at radius 2 is 1.72 bits per heavy atom. The highest BCUT2D eigenvalue weighted by atomic mass is 16.2. The first-order chi connectivity index (χ1) is 13.6. The van der Waals surface area contributed by atoms with Gasteiger partial charge in [0.2, 0.25) is 11.8 Å². The Labute approximate surface area is 172 Å². The summed E-state index contributed by atoms with van der Waals surface area (Å²) in [5, 5.41) is 2.92. The number of imide groups is 1. The lowest BCUT2D eigenvalue weighted by atomic mass is 9.86. The number of nitrogens with one attached hydrogen (secondary N) is 1. The predicted molar refractivity (Wildman–Crippen MR) is 108 cm³/mol. The molecular formula is C21H34N4O4. The van der Waals surface area contributed by atoms with Crippen molar-refractivity contribution in [2.75, 3.05) is 26.2 Å². The third-order valence-corrected chi connectivity index (χ3v) is 6.26. The van der Waals surface area contributed by atoms with Crippen LogP contribution in [-0.4, -0.2) is 76.2 Å². The van der Waals surface area contributed by atoms with Crippen molar-refractivity contribution >= 4 is 23.8 Å². The Morgan fingerprint density at radius 3 is 2.31 bits per heavy atom. The van der Waals surface area contributed by atoms with Crippen molar-refractivity contribution in [1.82, 2.24) is 20.0 Å². The molecule has 29 heavy (non-hydrogen) atoms. The second-order valence-corrected chi connectivity index (χ2v) is 9.79. The van der Waals surface area contributed by atoms with Gasteiger partial charge in [0.1, 0.15) is 5.54 Å². The van der Waals surface area contributed by atoms with Crippen LogP contribution in [0.25, 0.3) is 0 Å². The van der Waals surface area contributed by atoms with Gasteiger partial charge in [0.05, 0.1) is 6.04 Å². The minimum absolute atomic E-state index is 0.0776. The largest absolute Gasteiger partial charge is 0.343 e. The van der Waals surface area contributed by atoms with Gasteiger partial charge in [-0.15, -0.1) is 0 Å². The fourth-order valence-electron chi connectivity index (χ4n) is 4.63. The molecule has 8 nitrogen and oxygen atoms in total. The average molecular weight is 407 g/mol. The van der Waals surface area contributed by atoms with Crippen molar-refractivity contribution in [3.8, 4) is 0 Å². The number of rotatable bonds is 3. The van der Waals surface area contributed by atoms with Crippen molar-refractivity contribution in [3.63, 3.8) is 0 Å². The number of urea groups is 1. The Morgan fingerprint density at radius 1 is 1.07 bits per heavy atom. The normalized spacial score (nSPS) is 24.8. The van der Waals surface area contributed by atoms with Gasteiger partial charge in [0.25, 0.3) is 5.91 Å². The highest BCUT2D eigenvalue weighted by molar-refractivity contribution is 6.07. The topological polar surface area (TPSA) is 90.0 Å². The second-order valence-electron chi connectivity index (χ2n) is 9.79. The zero-order chi connectivity index (χ0) is 21.4. The summed E-state index contributed by atoms with van der Waals surface area (Å²) in [6.45, 7) is 9.96. The second kappa shape index (κ2) is 7.95. The molecule has 0 aromatic rings. The van der Waals surface area contributed by atoms with E-state index in [1.165, 1.54) is 4.90 Å².